The van der Waals surface area contributed by atoms with Gasteiger partial charge in [-0.2, -0.15) is 0 Å². The molecule has 0 saturated carbocycles. The normalized spacial score (nSPS) is 16.1. The van der Waals surface area contributed by atoms with Gasteiger partial charge in [-0.15, -0.1) is 0 Å². The molecule has 0 bridgehead atoms. The van der Waals surface area contributed by atoms with E-state index in [9.17, 15) is 13.2 Å². The Morgan fingerprint density at radius 1 is 1.24 bits per heavy atom. The predicted octanol–water partition coefficient (Wildman–Crippen LogP) is 2.87. The van der Waals surface area contributed by atoms with Crippen molar-refractivity contribution >= 4 is 44.1 Å². The molecule has 1 aromatic carbocycles. The lowest BCUT2D eigenvalue weighted by molar-refractivity contribution is -0.126. The minimum Gasteiger partial charge on any atom is -0.384 e. The highest BCUT2D eigenvalue weighted by Gasteiger charge is 2.29. The van der Waals surface area contributed by atoms with Gasteiger partial charge in [0.15, 0.2) is 0 Å². The van der Waals surface area contributed by atoms with Crippen molar-refractivity contribution in [1.29, 1.82) is 0 Å². The number of hydrogen-bond donors (Lipinski definition) is 2. The number of aromatic nitrogens is 1. The molecule has 0 unspecified atom stereocenters. The van der Waals surface area contributed by atoms with E-state index in [4.69, 9.17) is 11.6 Å². The van der Waals surface area contributed by atoms with E-state index in [1.165, 1.54) is 4.31 Å². The molecule has 1 fully saturated rings. The molecule has 1 saturated heterocycles. The third-order valence-electron chi connectivity index (χ3n) is 5.26. The highest BCUT2D eigenvalue weighted by Crippen LogP contribution is 2.24. The number of rotatable bonds is 8. The first-order valence-electron chi connectivity index (χ1n) is 9.94. The average Bonchev–Trinajstić information content (AvgIpc) is 2.73. The van der Waals surface area contributed by atoms with E-state index >= 15 is 0 Å². The van der Waals surface area contributed by atoms with E-state index in [1.54, 1.807) is 13.1 Å². The second kappa shape index (κ2) is 9.73. The molecule has 0 atom stereocenters. The molecule has 2 aromatic rings. The fourth-order valence-corrected chi connectivity index (χ4v) is 4.82. The summed E-state index contributed by atoms with van der Waals surface area (Å²) in [6.07, 6.45) is 3.68. The van der Waals surface area contributed by atoms with Crippen molar-refractivity contribution in [2.75, 3.05) is 37.2 Å². The number of halogens is 1. The van der Waals surface area contributed by atoms with Crippen LogP contribution in [0.5, 0.6) is 0 Å². The Labute approximate surface area is 176 Å². The summed E-state index contributed by atoms with van der Waals surface area (Å²) in [6.45, 7) is 3.79. The monoisotopic (exact) mass is 438 g/mol. The van der Waals surface area contributed by atoms with Crippen LogP contribution in [-0.2, 0) is 14.8 Å². The van der Waals surface area contributed by atoms with E-state index in [0.29, 0.717) is 37.5 Å². The number of benzene rings is 1. The Morgan fingerprint density at radius 3 is 2.72 bits per heavy atom. The summed E-state index contributed by atoms with van der Waals surface area (Å²) >= 11 is 6.01. The molecule has 1 amide bonds. The maximum absolute atomic E-state index is 12.3. The van der Waals surface area contributed by atoms with Gasteiger partial charge in [-0.25, -0.2) is 12.7 Å². The summed E-state index contributed by atoms with van der Waals surface area (Å²) in [4.78, 5) is 16.7. The summed E-state index contributed by atoms with van der Waals surface area (Å²) in [7, 11) is -3.16. The lowest BCUT2D eigenvalue weighted by atomic mass is 9.97. The molecule has 1 aliphatic heterocycles. The van der Waals surface area contributed by atoms with Crippen LogP contribution in [0.4, 0.5) is 5.69 Å². The average molecular weight is 439 g/mol. The van der Waals surface area contributed by atoms with Crippen LogP contribution in [0.1, 0.15) is 26.2 Å². The van der Waals surface area contributed by atoms with Gasteiger partial charge in [-0.3, -0.25) is 9.78 Å². The van der Waals surface area contributed by atoms with Crippen LogP contribution in [0.25, 0.3) is 10.9 Å². The van der Waals surface area contributed by atoms with Crippen LogP contribution in [0.15, 0.2) is 30.5 Å². The van der Waals surface area contributed by atoms with Crippen molar-refractivity contribution in [1.82, 2.24) is 14.6 Å². The van der Waals surface area contributed by atoms with Gasteiger partial charge in [0.05, 0.1) is 11.3 Å². The van der Waals surface area contributed by atoms with E-state index < -0.39 is 10.0 Å². The highest BCUT2D eigenvalue weighted by atomic mass is 35.5. The van der Waals surface area contributed by atoms with Crippen LogP contribution in [0.2, 0.25) is 5.02 Å². The molecule has 29 heavy (non-hydrogen) atoms. The quantitative estimate of drug-likeness (QED) is 0.618. The number of nitrogens with one attached hydrogen (secondary N) is 2. The number of fused-ring (bicyclic) bond motifs is 1. The first kappa shape index (κ1) is 21.8. The molecule has 158 valence electrons. The Balaban J connectivity index is 1.40. The zero-order valence-electron chi connectivity index (χ0n) is 16.5. The Morgan fingerprint density at radius 2 is 2.00 bits per heavy atom. The van der Waals surface area contributed by atoms with Gasteiger partial charge in [0.2, 0.25) is 15.9 Å². The molecule has 3 rings (SSSR count). The zero-order valence-corrected chi connectivity index (χ0v) is 18.1. The van der Waals surface area contributed by atoms with Crippen molar-refractivity contribution in [2.24, 2.45) is 5.92 Å². The van der Waals surface area contributed by atoms with Crippen LogP contribution in [-0.4, -0.2) is 55.5 Å². The molecule has 1 aliphatic rings. The van der Waals surface area contributed by atoms with Gasteiger partial charge >= 0.3 is 0 Å². The smallest absolute Gasteiger partial charge is 0.223 e. The number of carbonyl (C=O) groups excluding carboxylic acids is 1. The molecule has 2 heterocycles. The van der Waals surface area contributed by atoms with Crippen molar-refractivity contribution in [2.45, 2.75) is 26.2 Å². The lowest BCUT2D eigenvalue weighted by Gasteiger charge is -2.30. The molecular formula is C20H27ClN4O3S. The highest BCUT2D eigenvalue weighted by molar-refractivity contribution is 7.89. The molecule has 0 radical (unpaired) electrons. The van der Waals surface area contributed by atoms with E-state index in [1.807, 2.05) is 24.3 Å². The SMILES string of the molecule is CCS(=O)(=O)N1CCC(C(=O)NCCCNc2ccnc3cc(Cl)ccc23)CC1. The number of hydrogen-bond acceptors (Lipinski definition) is 5. The summed E-state index contributed by atoms with van der Waals surface area (Å²) in [5.41, 5.74) is 1.83. The van der Waals surface area contributed by atoms with Crippen LogP contribution in [0.3, 0.4) is 0 Å². The van der Waals surface area contributed by atoms with Crippen LogP contribution in [0, 0.1) is 5.92 Å². The van der Waals surface area contributed by atoms with Crippen LogP contribution < -0.4 is 10.6 Å². The summed E-state index contributed by atoms with van der Waals surface area (Å²) in [5.74, 6) is 0.0131. The van der Waals surface area contributed by atoms with E-state index in [0.717, 1.165) is 29.6 Å². The maximum Gasteiger partial charge on any atom is 0.223 e. The van der Waals surface area contributed by atoms with E-state index in [-0.39, 0.29) is 17.6 Å². The third-order valence-corrected chi connectivity index (χ3v) is 7.37. The van der Waals surface area contributed by atoms with E-state index in [2.05, 4.69) is 15.6 Å². The van der Waals surface area contributed by atoms with Gasteiger partial charge < -0.3 is 10.6 Å². The summed E-state index contributed by atoms with van der Waals surface area (Å²) in [6, 6.07) is 7.54. The minimum atomic E-state index is -3.16. The minimum absolute atomic E-state index is 0.0162. The fraction of sp³-hybridized carbons (Fsp3) is 0.500. The molecule has 2 N–H and O–H groups in total. The lowest BCUT2D eigenvalue weighted by Crippen LogP contribution is -2.43. The van der Waals surface area contributed by atoms with Gasteiger partial charge in [0, 0.05) is 54.4 Å². The molecule has 1 aromatic heterocycles. The van der Waals surface area contributed by atoms with Gasteiger partial charge in [0.25, 0.3) is 0 Å². The standard InChI is InChI=1S/C20H27ClN4O3S/c1-2-29(27,28)25-12-7-15(8-13-25)20(26)24-10-3-9-22-18-6-11-23-19-14-16(21)4-5-17(18)19/h4-6,11,14-15H,2-3,7-10,12-13H2,1H3,(H,22,23)(H,24,26). The number of piperidine rings is 1. The zero-order chi connectivity index (χ0) is 20.9. The second-order valence-corrected chi connectivity index (χ2v) is 9.86. The van der Waals surface area contributed by atoms with Crippen molar-refractivity contribution in [3.05, 3.63) is 35.5 Å². The largest absolute Gasteiger partial charge is 0.384 e. The molecule has 7 nitrogen and oxygen atoms in total. The maximum atomic E-state index is 12.3. The predicted molar refractivity (Wildman–Crippen MR) is 117 cm³/mol. The van der Waals surface area contributed by atoms with Crippen molar-refractivity contribution in [3.63, 3.8) is 0 Å². The molecule has 9 heteroatoms. The summed E-state index contributed by atoms with van der Waals surface area (Å²) < 4.78 is 25.3. The van der Waals surface area contributed by atoms with Crippen molar-refractivity contribution < 1.29 is 13.2 Å². The Hall–Kier alpha value is -1.90. The number of carbonyl (C=O) groups is 1. The summed E-state index contributed by atoms with van der Waals surface area (Å²) in [5, 5.41) is 8.02. The van der Waals surface area contributed by atoms with Gasteiger partial charge in [0.1, 0.15) is 0 Å². The first-order chi connectivity index (χ1) is 13.9. The van der Waals surface area contributed by atoms with Crippen LogP contribution >= 0.6 is 11.6 Å². The number of amides is 1. The number of anilines is 1. The topological polar surface area (TPSA) is 91.4 Å². The molecule has 0 spiro atoms. The number of sulfonamides is 1. The van der Waals surface area contributed by atoms with Gasteiger partial charge in [-0.05, 0) is 50.5 Å². The third kappa shape index (κ3) is 5.58. The first-order valence-corrected chi connectivity index (χ1v) is 11.9. The Bertz CT molecular complexity index is 959. The second-order valence-electron chi connectivity index (χ2n) is 7.17. The molecule has 0 aliphatic carbocycles. The Kier molecular flexibility index (Phi) is 7.32. The van der Waals surface area contributed by atoms with Crippen molar-refractivity contribution in [3.8, 4) is 0 Å². The molecular weight excluding hydrogens is 412 g/mol. The number of nitrogens with zero attached hydrogens (tertiary/aromatic N) is 2. The number of pyridine rings is 1. The fourth-order valence-electron chi connectivity index (χ4n) is 3.52. The van der Waals surface area contributed by atoms with Gasteiger partial charge in [-0.1, -0.05) is 11.6 Å².